The lowest BCUT2D eigenvalue weighted by molar-refractivity contribution is 0.181. The third-order valence-electron chi connectivity index (χ3n) is 3.83. The van der Waals surface area contributed by atoms with Gasteiger partial charge in [-0.3, -0.25) is 4.98 Å². The van der Waals surface area contributed by atoms with Crippen molar-refractivity contribution in [3.63, 3.8) is 0 Å². The summed E-state index contributed by atoms with van der Waals surface area (Å²) in [6.07, 6.45) is 2.77. The molecule has 1 aliphatic rings. The number of rotatable bonds is 6. The van der Waals surface area contributed by atoms with Gasteiger partial charge in [-0.2, -0.15) is 0 Å². The molecule has 2 aromatic heterocycles. The van der Waals surface area contributed by atoms with Crippen LogP contribution in [0.4, 0.5) is 0 Å². The molecule has 0 bridgehead atoms. The molecule has 3 heterocycles. The quantitative estimate of drug-likeness (QED) is 0.575. The van der Waals surface area contributed by atoms with Crippen LogP contribution in [-0.4, -0.2) is 35.3 Å². The van der Waals surface area contributed by atoms with Crippen LogP contribution in [0.2, 0.25) is 0 Å². The molecule has 2 aromatic rings. The number of thiophene rings is 1. The van der Waals surface area contributed by atoms with Crippen molar-refractivity contribution in [2.24, 2.45) is 0 Å². The lowest BCUT2D eigenvalue weighted by Gasteiger charge is -2.26. The van der Waals surface area contributed by atoms with Gasteiger partial charge in [-0.25, -0.2) is 0 Å². The van der Waals surface area contributed by atoms with Crippen LogP contribution in [0.25, 0.3) is 0 Å². The maximum Gasteiger partial charge on any atom is 0.170 e. The van der Waals surface area contributed by atoms with Crippen molar-refractivity contribution >= 4 is 44.6 Å². The van der Waals surface area contributed by atoms with E-state index in [4.69, 9.17) is 17.0 Å². The van der Waals surface area contributed by atoms with Crippen molar-refractivity contribution < 1.29 is 4.74 Å². The summed E-state index contributed by atoms with van der Waals surface area (Å²) in [6, 6.07) is 10.5. The highest BCUT2D eigenvalue weighted by Crippen LogP contribution is 2.42. The number of methoxy groups -OCH3 is 1. The Hall–Kier alpha value is -1.02. The van der Waals surface area contributed by atoms with Crippen molar-refractivity contribution in [2.45, 2.75) is 18.5 Å². The zero-order chi connectivity index (χ0) is 16.2. The first-order valence-corrected chi connectivity index (χ1v) is 9.44. The number of nitrogens with one attached hydrogen (secondary N) is 1. The molecule has 122 valence electrons. The number of hydrogen-bond acceptors (Lipinski definition) is 4. The van der Waals surface area contributed by atoms with Crippen molar-refractivity contribution in [3.8, 4) is 0 Å². The zero-order valence-electron chi connectivity index (χ0n) is 12.7. The van der Waals surface area contributed by atoms with Gasteiger partial charge in [0.25, 0.3) is 0 Å². The second-order valence-corrected chi connectivity index (χ2v) is 8.19. The molecule has 0 radical (unpaired) electrons. The Morgan fingerprint density at radius 1 is 1.39 bits per heavy atom. The van der Waals surface area contributed by atoms with E-state index in [2.05, 4.69) is 49.3 Å². The number of hydrogen-bond donors (Lipinski definition) is 1. The van der Waals surface area contributed by atoms with Crippen molar-refractivity contribution in [1.82, 2.24) is 15.2 Å². The first kappa shape index (κ1) is 16.8. The van der Waals surface area contributed by atoms with Crippen molar-refractivity contribution in [3.05, 3.63) is 50.9 Å². The Kier molecular flexibility index (Phi) is 5.63. The highest BCUT2D eigenvalue weighted by Gasteiger charge is 2.40. The second-order valence-electron chi connectivity index (χ2n) is 5.31. The molecule has 0 amide bonds. The van der Waals surface area contributed by atoms with Crippen molar-refractivity contribution in [1.29, 1.82) is 0 Å². The monoisotopic (exact) mass is 411 g/mol. The van der Waals surface area contributed by atoms with Gasteiger partial charge in [0.2, 0.25) is 0 Å². The molecule has 3 rings (SSSR count). The molecule has 0 saturated carbocycles. The zero-order valence-corrected chi connectivity index (χ0v) is 16.0. The summed E-state index contributed by atoms with van der Waals surface area (Å²) < 4.78 is 6.31. The van der Waals surface area contributed by atoms with Gasteiger partial charge < -0.3 is 15.0 Å². The molecular weight excluding hydrogens is 394 g/mol. The lowest BCUT2D eigenvalue weighted by atomic mass is 10.0. The predicted octanol–water partition coefficient (Wildman–Crippen LogP) is 3.91. The van der Waals surface area contributed by atoms with E-state index in [1.807, 2.05) is 18.3 Å². The fourth-order valence-electron chi connectivity index (χ4n) is 2.82. The molecule has 1 saturated heterocycles. The normalized spacial score (nSPS) is 20.8. The largest absolute Gasteiger partial charge is 0.385 e. The van der Waals surface area contributed by atoms with E-state index in [-0.39, 0.29) is 12.1 Å². The summed E-state index contributed by atoms with van der Waals surface area (Å²) in [6.45, 7) is 1.59. The molecule has 0 unspecified atom stereocenters. The van der Waals surface area contributed by atoms with Gasteiger partial charge in [0.15, 0.2) is 5.11 Å². The molecule has 2 atom stereocenters. The van der Waals surface area contributed by atoms with Gasteiger partial charge >= 0.3 is 0 Å². The average molecular weight is 412 g/mol. The van der Waals surface area contributed by atoms with Crippen LogP contribution in [0.3, 0.4) is 0 Å². The minimum Gasteiger partial charge on any atom is -0.385 e. The van der Waals surface area contributed by atoms with E-state index in [0.29, 0.717) is 0 Å². The highest BCUT2D eigenvalue weighted by atomic mass is 79.9. The Morgan fingerprint density at radius 3 is 2.91 bits per heavy atom. The Morgan fingerprint density at radius 2 is 2.26 bits per heavy atom. The van der Waals surface area contributed by atoms with Crippen molar-refractivity contribution in [2.75, 3.05) is 20.3 Å². The molecule has 0 aromatic carbocycles. The SMILES string of the molecule is COCCCN1C(=S)N[C@@H](c2ccccn2)[C@H]1c1ccc(Br)s1. The summed E-state index contributed by atoms with van der Waals surface area (Å²) in [4.78, 5) is 8.06. The minimum atomic E-state index is 0.0665. The number of pyridine rings is 1. The number of halogens is 1. The van der Waals surface area contributed by atoms with Gasteiger partial charge in [0, 0.05) is 31.3 Å². The summed E-state index contributed by atoms with van der Waals surface area (Å²) in [5, 5.41) is 4.23. The fraction of sp³-hybridized carbons (Fsp3) is 0.375. The molecule has 0 aliphatic carbocycles. The van der Waals surface area contributed by atoms with E-state index in [0.717, 1.165) is 34.2 Å². The maximum absolute atomic E-state index is 5.59. The molecule has 1 N–H and O–H groups in total. The number of aromatic nitrogens is 1. The molecule has 4 nitrogen and oxygen atoms in total. The van der Waals surface area contributed by atoms with Crippen LogP contribution in [0, 0.1) is 0 Å². The number of nitrogens with zero attached hydrogens (tertiary/aromatic N) is 2. The topological polar surface area (TPSA) is 37.4 Å². The Balaban J connectivity index is 1.91. The van der Waals surface area contributed by atoms with E-state index < -0.39 is 0 Å². The van der Waals surface area contributed by atoms with E-state index >= 15 is 0 Å². The number of ether oxygens (including phenoxy) is 1. The minimum absolute atomic E-state index is 0.0665. The average Bonchev–Trinajstić information content (AvgIpc) is 3.12. The van der Waals surface area contributed by atoms with Crippen LogP contribution in [0.5, 0.6) is 0 Å². The predicted molar refractivity (Wildman–Crippen MR) is 101 cm³/mol. The smallest absolute Gasteiger partial charge is 0.170 e. The molecule has 1 aliphatic heterocycles. The molecule has 7 heteroatoms. The van der Waals surface area contributed by atoms with Crippen LogP contribution >= 0.6 is 39.5 Å². The Labute approximate surface area is 154 Å². The standard InChI is InChI=1S/C16H18BrN3OS2/c1-21-10-4-9-20-15(12-6-7-13(17)23-12)14(19-16(20)22)11-5-2-3-8-18-11/h2-3,5-8,14-15H,4,9-10H2,1H3,(H,19,22)/t14-,15+/m0/s1. The third-order valence-corrected chi connectivity index (χ3v) is 5.88. The third kappa shape index (κ3) is 3.74. The summed E-state index contributed by atoms with van der Waals surface area (Å²) >= 11 is 10.9. The first-order valence-electron chi connectivity index (χ1n) is 7.43. The van der Waals surface area contributed by atoms with Gasteiger partial charge in [-0.15, -0.1) is 11.3 Å². The van der Waals surface area contributed by atoms with Crippen LogP contribution in [-0.2, 0) is 4.74 Å². The highest BCUT2D eigenvalue weighted by molar-refractivity contribution is 9.11. The van der Waals surface area contributed by atoms with Gasteiger partial charge in [0.05, 0.1) is 21.6 Å². The van der Waals surface area contributed by atoms with Crippen LogP contribution < -0.4 is 5.32 Å². The molecule has 0 spiro atoms. The van der Waals surface area contributed by atoms with E-state index in [9.17, 15) is 0 Å². The van der Waals surface area contributed by atoms with Gasteiger partial charge in [-0.1, -0.05) is 6.07 Å². The molecule has 23 heavy (non-hydrogen) atoms. The van der Waals surface area contributed by atoms with E-state index in [1.165, 1.54) is 4.88 Å². The van der Waals surface area contributed by atoms with Gasteiger partial charge in [-0.05, 0) is 58.8 Å². The fourth-order valence-corrected chi connectivity index (χ4v) is 4.73. The van der Waals surface area contributed by atoms with Gasteiger partial charge in [0.1, 0.15) is 0 Å². The molecule has 1 fully saturated rings. The lowest BCUT2D eigenvalue weighted by Crippen LogP contribution is -2.30. The number of thiocarbonyl (C=S) groups is 1. The van der Waals surface area contributed by atoms with Crippen LogP contribution in [0.1, 0.15) is 29.1 Å². The van der Waals surface area contributed by atoms with E-state index in [1.54, 1.807) is 18.4 Å². The van der Waals surface area contributed by atoms with Crippen LogP contribution in [0.15, 0.2) is 40.3 Å². The Bertz CT molecular complexity index is 664. The summed E-state index contributed by atoms with van der Waals surface area (Å²) in [7, 11) is 1.73. The second kappa shape index (κ2) is 7.70. The molecular formula is C16H18BrN3OS2. The summed E-state index contributed by atoms with van der Waals surface area (Å²) in [5.41, 5.74) is 1.01. The first-order chi connectivity index (χ1) is 11.2. The summed E-state index contributed by atoms with van der Waals surface area (Å²) in [5.74, 6) is 0. The maximum atomic E-state index is 5.59.